The Morgan fingerprint density at radius 1 is 1.45 bits per heavy atom. The fourth-order valence-corrected chi connectivity index (χ4v) is 2.42. The monoisotopic (exact) mass is 283 g/mol. The van der Waals surface area contributed by atoms with Gasteiger partial charge in [0.05, 0.1) is 6.54 Å². The molecule has 0 radical (unpaired) electrons. The highest BCUT2D eigenvalue weighted by atomic mass is 19.3. The number of rotatable bonds is 6. The number of nitrogens with zero attached hydrogens (tertiary/aromatic N) is 2. The van der Waals surface area contributed by atoms with Gasteiger partial charge in [0.1, 0.15) is 0 Å². The molecule has 0 aromatic carbocycles. The average molecular weight is 283 g/mol. The summed E-state index contributed by atoms with van der Waals surface area (Å²) < 4.78 is 24.5. The zero-order chi connectivity index (χ0) is 14.4. The molecule has 0 bridgehead atoms. The third kappa shape index (κ3) is 4.85. The summed E-state index contributed by atoms with van der Waals surface area (Å²) in [6.45, 7) is 0.939. The van der Waals surface area contributed by atoms with Crippen LogP contribution in [0.5, 0.6) is 0 Å². The summed E-state index contributed by atoms with van der Waals surface area (Å²) >= 11 is 0. The molecule has 1 fully saturated rings. The molecule has 1 saturated heterocycles. The minimum atomic E-state index is -2.31. The molecule has 1 aromatic rings. The third-order valence-corrected chi connectivity index (χ3v) is 3.42. The number of nitrogens with one attached hydrogen (secondary N) is 1. The minimum absolute atomic E-state index is 0.00121. The number of hydrogen-bond donors (Lipinski definition) is 1. The normalized spacial score (nSPS) is 19.4. The molecule has 1 aromatic heterocycles. The van der Waals surface area contributed by atoms with Crippen molar-refractivity contribution in [2.75, 3.05) is 19.6 Å². The molecule has 2 heterocycles. The topological polar surface area (TPSA) is 45.2 Å². The van der Waals surface area contributed by atoms with E-state index in [1.807, 2.05) is 12.1 Å². The second-order valence-electron chi connectivity index (χ2n) is 5.06. The number of aryl methyl sites for hydroxylation is 1. The van der Waals surface area contributed by atoms with E-state index in [0.29, 0.717) is 25.9 Å². The van der Waals surface area contributed by atoms with E-state index in [0.717, 1.165) is 12.0 Å². The minimum Gasteiger partial charge on any atom is -0.352 e. The van der Waals surface area contributed by atoms with Crippen LogP contribution in [0.25, 0.3) is 0 Å². The number of alkyl halides is 2. The van der Waals surface area contributed by atoms with Crippen molar-refractivity contribution in [3.8, 4) is 0 Å². The van der Waals surface area contributed by atoms with Gasteiger partial charge in [0.2, 0.25) is 5.91 Å². The second kappa shape index (κ2) is 7.28. The summed E-state index contributed by atoms with van der Waals surface area (Å²) in [6, 6.07) is 3.76. The predicted octanol–water partition coefficient (Wildman–Crippen LogP) is 1.47. The number of aromatic nitrogens is 1. The first kappa shape index (κ1) is 14.8. The maximum Gasteiger partial charge on any atom is 0.251 e. The molecular weight excluding hydrogens is 264 g/mol. The molecule has 20 heavy (non-hydrogen) atoms. The lowest BCUT2D eigenvalue weighted by Crippen LogP contribution is -2.38. The molecule has 4 nitrogen and oxygen atoms in total. The number of carbonyl (C=O) groups is 1. The molecule has 6 heteroatoms. The summed E-state index contributed by atoms with van der Waals surface area (Å²) in [4.78, 5) is 17.4. The lowest BCUT2D eigenvalue weighted by Gasteiger charge is -2.16. The van der Waals surface area contributed by atoms with Crippen LogP contribution >= 0.6 is 0 Å². The van der Waals surface area contributed by atoms with E-state index in [2.05, 4.69) is 10.3 Å². The smallest absolute Gasteiger partial charge is 0.251 e. The highest BCUT2D eigenvalue weighted by Crippen LogP contribution is 2.11. The number of pyridine rings is 1. The van der Waals surface area contributed by atoms with Gasteiger partial charge >= 0.3 is 0 Å². The van der Waals surface area contributed by atoms with Crippen molar-refractivity contribution < 1.29 is 13.6 Å². The van der Waals surface area contributed by atoms with Gasteiger partial charge in [-0.15, -0.1) is 0 Å². The number of halogens is 2. The van der Waals surface area contributed by atoms with E-state index >= 15 is 0 Å². The van der Waals surface area contributed by atoms with Crippen LogP contribution in [0.2, 0.25) is 0 Å². The Morgan fingerprint density at radius 3 is 2.90 bits per heavy atom. The molecule has 2 rings (SSSR count). The van der Waals surface area contributed by atoms with Gasteiger partial charge in [0.15, 0.2) is 0 Å². The van der Waals surface area contributed by atoms with Crippen molar-refractivity contribution in [2.24, 2.45) is 0 Å². The largest absolute Gasteiger partial charge is 0.352 e. The van der Waals surface area contributed by atoms with E-state index in [4.69, 9.17) is 0 Å². The van der Waals surface area contributed by atoms with Gasteiger partial charge in [0, 0.05) is 37.9 Å². The SMILES string of the molecule is O=C(CCc1ccncc1)NC1CCN(CC(F)F)C1. The van der Waals surface area contributed by atoms with Crippen LogP contribution in [-0.2, 0) is 11.2 Å². The van der Waals surface area contributed by atoms with Crippen LogP contribution in [0.4, 0.5) is 8.78 Å². The summed E-state index contributed by atoms with van der Waals surface area (Å²) in [7, 11) is 0. The lowest BCUT2D eigenvalue weighted by atomic mass is 10.1. The molecule has 1 aliphatic heterocycles. The molecular formula is C14H19F2N3O. The van der Waals surface area contributed by atoms with Crippen molar-refractivity contribution in [3.63, 3.8) is 0 Å². The Bertz CT molecular complexity index is 428. The molecule has 0 saturated carbocycles. The Hall–Kier alpha value is -1.56. The fraction of sp³-hybridized carbons (Fsp3) is 0.571. The van der Waals surface area contributed by atoms with Crippen LogP contribution in [0.3, 0.4) is 0 Å². The number of likely N-dealkylation sites (tertiary alicyclic amines) is 1. The molecule has 0 aliphatic carbocycles. The van der Waals surface area contributed by atoms with Crippen molar-refractivity contribution in [1.29, 1.82) is 0 Å². The van der Waals surface area contributed by atoms with Gasteiger partial charge in [-0.05, 0) is 30.5 Å². The number of amides is 1. The van der Waals surface area contributed by atoms with Crippen LogP contribution in [0, 0.1) is 0 Å². The summed E-state index contributed by atoms with van der Waals surface area (Å²) in [6.07, 6.45) is 2.92. The van der Waals surface area contributed by atoms with Gasteiger partial charge in [-0.25, -0.2) is 8.78 Å². The maximum absolute atomic E-state index is 12.3. The van der Waals surface area contributed by atoms with Crippen molar-refractivity contribution in [3.05, 3.63) is 30.1 Å². The van der Waals surface area contributed by atoms with Gasteiger partial charge in [-0.1, -0.05) is 0 Å². The van der Waals surface area contributed by atoms with Crippen LogP contribution in [0.1, 0.15) is 18.4 Å². The first-order valence-electron chi connectivity index (χ1n) is 6.82. The molecule has 0 spiro atoms. The standard InChI is InChI=1S/C14H19F2N3O/c15-13(16)10-19-8-5-12(9-19)18-14(20)2-1-11-3-6-17-7-4-11/h3-4,6-7,12-13H,1-2,5,8-10H2,(H,18,20). The first-order chi connectivity index (χ1) is 9.63. The third-order valence-electron chi connectivity index (χ3n) is 3.42. The Morgan fingerprint density at radius 2 is 2.20 bits per heavy atom. The van der Waals surface area contributed by atoms with Crippen molar-refractivity contribution >= 4 is 5.91 Å². The van der Waals surface area contributed by atoms with E-state index in [-0.39, 0.29) is 18.5 Å². The van der Waals surface area contributed by atoms with Gasteiger partial charge in [0.25, 0.3) is 6.43 Å². The van der Waals surface area contributed by atoms with Gasteiger partial charge < -0.3 is 5.32 Å². The highest BCUT2D eigenvalue weighted by Gasteiger charge is 2.25. The van der Waals surface area contributed by atoms with E-state index < -0.39 is 6.43 Å². The van der Waals surface area contributed by atoms with Crippen molar-refractivity contribution in [2.45, 2.75) is 31.7 Å². The van der Waals surface area contributed by atoms with Crippen LogP contribution in [-0.4, -0.2) is 47.9 Å². The van der Waals surface area contributed by atoms with Crippen LogP contribution in [0.15, 0.2) is 24.5 Å². The predicted molar refractivity (Wildman–Crippen MR) is 71.5 cm³/mol. The number of carbonyl (C=O) groups excluding carboxylic acids is 1. The maximum atomic E-state index is 12.3. The molecule has 1 unspecified atom stereocenters. The zero-order valence-corrected chi connectivity index (χ0v) is 11.3. The van der Waals surface area contributed by atoms with Crippen molar-refractivity contribution in [1.82, 2.24) is 15.2 Å². The summed E-state index contributed by atoms with van der Waals surface area (Å²) in [5, 5.41) is 2.91. The Balaban J connectivity index is 1.68. The lowest BCUT2D eigenvalue weighted by molar-refractivity contribution is -0.121. The van der Waals surface area contributed by atoms with Gasteiger partial charge in [-0.3, -0.25) is 14.7 Å². The van der Waals surface area contributed by atoms with E-state index in [9.17, 15) is 13.6 Å². The molecule has 110 valence electrons. The Labute approximate surface area is 117 Å². The van der Waals surface area contributed by atoms with E-state index in [1.165, 1.54) is 0 Å². The zero-order valence-electron chi connectivity index (χ0n) is 11.3. The van der Waals surface area contributed by atoms with Gasteiger partial charge in [-0.2, -0.15) is 0 Å². The molecule has 1 amide bonds. The number of hydrogen-bond acceptors (Lipinski definition) is 3. The summed E-state index contributed by atoms with van der Waals surface area (Å²) in [5.41, 5.74) is 1.07. The summed E-state index contributed by atoms with van der Waals surface area (Å²) in [5.74, 6) is -0.0225. The second-order valence-corrected chi connectivity index (χ2v) is 5.06. The molecule has 1 atom stereocenters. The quantitative estimate of drug-likeness (QED) is 0.860. The molecule has 1 aliphatic rings. The van der Waals surface area contributed by atoms with Crippen LogP contribution < -0.4 is 5.32 Å². The molecule has 1 N–H and O–H groups in total. The Kier molecular flexibility index (Phi) is 5.40. The average Bonchev–Trinajstić information content (AvgIpc) is 2.84. The first-order valence-corrected chi connectivity index (χ1v) is 6.82. The van der Waals surface area contributed by atoms with E-state index in [1.54, 1.807) is 17.3 Å². The highest BCUT2D eigenvalue weighted by molar-refractivity contribution is 5.76. The fourth-order valence-electron chi connectivity index (χ4n) is 2.42.